The first-order valence-corrected chi connectivity index (χ1v) is 13.3. The predicted molar refractivity (Wildman–Crippen MR) is 124 cm³/mol. The molecule has 1 aliphatic heterocycles. The van der Waals surface area contributed by atoms with Crippen molar-refractivity contribution in [2.24, 2.45) is 0 Å². The molecule has 4 rings (SSSR count). The van der Waals surface area contributed by atoms with E-state index in [-0.39, 0.29) is 54.3 Å². The molecule has 0 spiro atoms. The van der Waals surface area contributed by atoms with Crippen molar-refractivity contribution in [2.75, 3.05) is 27.2 Å². The number of carbonyl (C=O) groups is 1. The largest absolute Gasteiger partial charge is 0.435 e. The van der Waals surface area contributed by atoms with E-state index in [0.717, 1.165) is 30.3 Å². The fourth-order valence-electron chi connectivity index (χ4n) is 5.65. The van der Waals surface area contributed by atoms with Crippen LogP contribution in [0.4, 0.5) is 35.1 Å². The molecular weight excluding hydrogens is 560 g/mol. The van der Waals surface area contributed by atoms with Gasteiger partial charge < -0.3 is 4.90 Å². The number of halogens is 8. The van der Waals surface area contributed by atoms with Crippen molar-refractivity contribution in [3.05, 3.63) is 65.0 Å². The van der Waals surface area contributed by atoms with E-state index in [9.17, 15) is 48.3 Å². The summed E-state index contributed by atoms with van der Waals surface area (Å²) in [4.78, 5) is 15.1. The maximum Gasteiger partial charge on any atom is 0.435 e. The molecule has 0 aromatic heterocycles. The Balaban J connectivity index is 1.93. The number of alkyl halides is 7. The molecule has 0 radical (unpaired) electrons. The molecule has 2 aromatic carbocycles. The van der Waals surface area contributed by atoms with Gasteiger partial charge in [-0.05, 0) is 54.7 Å². The molecular formula is C25H24F8N2O3S. The Morgan fingerprint density at radius 3 is 2.13 bits per heavy atom. The van der Waals surface area contributed by atoms with E-state index in [1.54, 1.807) is 4.90 Å². The maximum atomic E-state index is 14.8. The lowest BCUT2D eigenvalue weighted by molar-refractivity contribution is -0.348. The van der Waals surface area contributed by atoms with Crippen LogP contribution in [-0.4, -0.2) is 69.7 Å². The highest BCUT2D eigenvalue weighted by Gasteiger charge is 2.73. The number of likely N-dealkylation sites (N-methyl/N-ethyl adjacent to an activating group) is 1. The number of hydrogen-bond donors (Lipinski definition) is 0. The van der Waals surface area contributed by atoms with Crippen LogP contribution < -0.4 is 0 Å². The van der Waals surface area contributed by atoms with Crippen molar-refractivity contribution in [3.63, 3.8) is 0 Å². The summed E-state index contributed by atoms with van der Waals surface area (Å²) >= 11 is 0. The zero-order chi connectivity index (χ0) is 29.2. The van der Waals surface area contributed by atoms with Crippen LogP contribution in [0.25, 0.3) is 0 Å². The molecule has 1 heterocycles. The molecule has 1 aliphatic carbocycles. The molecule has 1 fully saturated rings. The summed E-state index contributed by atoms with van der Waals surface area (Å²) < 4.78 is 135. The van der Waals surface area contributed by atoms with Crippen LogP contribution in [0.1, 0.15) is 29.5 Å². The summed E-state index contributed by atoms with van der Waals surface area (Å²) in [6.07, 6.45) is -13.0. The van der Waals surface area contributed by atoms with Gasteiger partial charge in [-0.2, -0.15) is 26.3 Å². The number of aryl methyl sites for hydroxylation is 1. The zero-order valence-electron chi connectivity index (χ0n) is 20.7. The summed E-state index contributed by atoms with van der Waals surface area (Å²) in [6.45, 7) is -0.106. The smallest absolute Gasteiger partial charge is 0.348 e. The Labute approximate surface area is 219 Å². The average Bonchev–Trinajstić information content (AvgIpc) is 3.22. The van der Waals surface area contributed by atoms with Crippen LogP contribution in [0.3, 0.4) is 0 Å². The van der Waals surface area contributed by atoms with E-state index in [4.69, 9.17) is 0 Å². The van der Waals surface area contributed by atoms with E-state index in [1.807, 2.05) is 0 Å². The molecule has 214 valence electrons. The molecule has 14 heteroatoms. The van der Waals surface area contributed by atoms with E-state index >= 15 is 0 Å². The average molecular weight is 585 g/mol. The third kappa shape index (κ3) is 4.39. The topological polar surface area (TPSA) is 57.7 Å². The third-order valence-corrected chi connectivity index (χ3v) is 10.2. The van der Waals surface area contributed by atoms with Crippen molar-refractivity contribution < 1.29 is 48.3 Å². The second kappa shape index (κ2) is 9.43. The molecule has 0 unspecified atom stereocenters. The minimum Gasteiger partial charge on any atom is -0.348 e. The minimum atomic E-state index is -6.33. The highest BCUT2D eigenvalue weighted by atomic mass is 32.2. The summed E-state index contributed by atoms with van der Waals surface area (Å²) in [7, 11) is -1.45. The lowest BCUT2D eigenvalue weighted by atomic mass is 9.77. The van der Waals surface area contributed by atoms with Gasteiger partial charge in [0.15, 0.2) is 9.84 Å². The summed E-state index contributed by atoms with van der Waals surface area (Å²) in [5.74, 6) is -1.07. The minimum absolute atomic E-state index is 0.0467. The van der Waals surface area contributed by atoms with Crippen LogP contribution in [0, 0.1) is 5.82 Å². The van der Waals surface area contributed by atoms with Crippen molar-refractivity contribution >= 4 is 15.7 Å². The van der Waals surface area contributed by atoms with Crippen LogP contribution in [0.5, 0.6) is 0 Å². The van der Waals surface area contributed by atoms with Gasteiger partial charge in [-0.3, -0.25) is 9.69 Å². The Morgan fingerprint density at radius 2 is 1.59 bits per heavy atom. The van der Waals surface area contributed by atoms with E-state index in [2.05, 4.69) is 0 Å². The second-order valence-electron chi connectivity index (χ2n) is 9.94. The molecule has 0 bridgehead atoms. The van der Waals surface area contributed by atoms with Crippen molar-refractivity contribution in [2.45, 2.75) is 53.0 Å². The van der Waals surface area contributed by atoms with Crippen LogP contribution >= 0.6 is 0 Å². The van der Waals surface area contributed by atoms with Gasteiger partial charge in [-0.25, -0.2) is 17.2 Å². The normalized spacial score (nSPS) is 22.4. The fraction of sp³-hybridized carbons (Fsp3) is 0.480. The number of hydrogen-bond acceptors (Lipinski definition) is 4. The van der Waals surface area contributed by atoms with Crippen LogP contribution in [-0.2, 0) is 31.5 Å². The van der Waals surface area contributed by atoms with Gasteiger partial charge >= 0.3 is 18.0 Å². The Morgan fingerprint density at radius 1 is 1.00 bits per heavy atom. The molecule has 0 N–H and O–H groups in total. The first-order valence-electron chi connectivity index (χ1n) is 11.8. The second-order valence-corrected chi connectivity index (χ2v) is 12.1. The third-order valence-electron chi connectivity index (χ3n) is 7.62. The highest BCUT2D eigenvalue weighted by molar-refractivity contribution is 7.92. The fourth-order valence-corrected chi connectivity index (χ4v) is 8.04. The molecule has 5 nitrogen and oxygen atoms in total. The van der Waals surface area contributed by atoms with E-state index in [1.165, 1.54) is 19.0 Å². The Kier molecular flexibility index (Phi) is 7.07. The summed E-state index contributed by atoms with van der Waals surface area (Å²) in [6, 6.07) is 4.55. The van der Waals surface area contributed by atoms with E-state index in [0.29, 0.717) is 12.1 Å². The van der Waals surface area contributed by atoms with Gasteiger partial charge in [0.05, 0.1) is 11.4 Å². The number of nitrogens with zero attached hydrogens (tertiary/aromatic N) is 2. The van der Waals surface area contributed by atoms with Gasteiger partial charge in [-0.15, -0.1) is 0 Å². The number of sulfone groups is 1. The first kappa shape index (κ1) is 29.2. The number of amides is 1. The maximum absolute atomic E-state index is 14.8. The summed E-state index contributed by atoms with van der Waals surface area (Å²) in [5, 5.41) is 0. The number of likely N-dealkylation sites (tertiary alicyclic amines) is 1. The molecule has 1 saturated heterocycles. The van der Waals surface area contributed by atoms with Crippen LogP contribution in [0.15, 0.2) is 47.4 Å². The van der Waals surface area contributed by atoms with Gasteiger partial charge in [-0.1, -0.05) is 18.2 Å². The van der Waals surface area contributed by atoms with Gasteiger partial charge in [0.1, 0.15) is 10.6 Å². The number of benzene rings is 2. The number of carbonyl (C=O) groups excluding carboxylic acids is 1. The summed E-state index contributed by atoms with van der Waals surface area (Å²) in [5.41, 5.74) is -7.62. The molecule has 0 saturated carbocycles. The standard InChI is InChI=1S/C25H24F8N2O3S/c1-34(2)21(36)14-35-12-11-22(39(37,38)18-7-5-17(26)6-8-18)19-9-4-16(13-15(19)3-10-20(22)35)23(27,24(28,29)30)25(31,32)33/h4-9,13,20H,3,10-12,14H2,1-2H3/t20-,22-/m0/s1. The van der Waals surface area contributed by atoms with Crippen molar-refractivity contribution in [1.29, 1.82) is 0 Å². The first-order chi connectivity index (χ1) is 17.9. The quantitative estimate of drug-likeness (QED) is 0.371. The lowest BCUT2D eigenvalue weighted by Crippen LogP contribution is -2.53. The van der Waals surface area contributed by atoms with Gasteiger partial charge in [0.2, 0.25) is 5.91 Å². The number of fused-ring (bicyclic) bond motifs is 3. The molecule has 2 aliphatic rings. The van der Waals surface area contributed by atoms with Crippen molar-refractivity contribution in [3.8, 4) is 0 Å². The SMILES string of the molecule is CN(C)C(=O)CN1CC[C@]2(S(=O)(=O)c3ccc(F)cc3)c3ccc(C(F)(C(F)(F)F)C(F)(F)F)cc3CC[C@H]12. The van der Waals surface area contributed by atoms with E-state index < -0.39 is 50.0 Å². The zero-order valence-corrected chi connectivity index (χ0v) is 21.5. The number of rotatable bonds is 5. The molecule has 39 heavy (non-hydrogen) atoms. The Hall–Kier alpha value is -2.74. The van der Waals surface area contributed by atoms with Crippen LogP contribution in [0.2, 0.25) is 0 Å². The predicted octanol–water partition coefficient (Wildman–Crippen LogP) is 4.89. The monoisotopic (exact) mass is 584 g/mol. The lowest BCUT2D eigenvalue weighted by Gasteiger charge is -2.43. The Bertz CT molecular complexity index is 1360. The van der Waals surface area contributed by atoms with Gasteiger partial charge in [0, 0.05) is 32.2 Å². The molecule has 2 atom stereocenters. The molecule has 2 aromatic rings. The van der Waals surface area contributed by atoms with Crippen molar-refractivity contribution in [1.82, 2.24) is 9.80 Å². The molecule has 1 amide bonds. The highest BCUT2D eigenvalue weighted by Crippen LogP contribution is 2.56. The van der Waals surface area contributed by atoms with Gasteiger partial charge in [0.25, 0.3) is 0 Å².